The van der Waals surface area contributed by atoms with Gasteiger partial charge in [0.2, 0.25) is 11.9 Å². The fourth-order valence-electron chi connectivity index (χ4n) is 2.03. The SMILES string of the molecule is O=C(Cc1csc(Nc2ncccn2)n1)NCCc1ccncc1. The van der Waals surface area contributed by atoms with E-state index in [0.29, 0.717) is 17.6 Å². The highest BCUT2D eigenvalue weighted by Gasteiger charge is 2.08. The van der Waals surface area contributed by atoms with Gasteiger partial charge in [-0.05, 0) is 30.2 Å². The lowest BCUT2D eigenvalue weighted by Gasteiger charge is -2.04. The Morgan fingerprint density at radius 3 is 2.71 bits per heavy atom. The summed E-state index contributed by atoms with van der Waals surface area (Å²) in [6.45, 7) is 0.593. The van der Waals surface area contributed by atoms with Crippen molar-refractivity contribution in [2.75, 3.05) is 11.9 Å². The van der Waals surface area contributed by atoms with Crippen molar-refractivity contribution in [3.05, 3.63) is 59.6 Å². The van der Waals surface area contributed by atoms with E-state index in [1.165, 1.54) is 11.3 Å². The number of nitrogens with zero attached hydrogens (tertiary/aromatic N) is 4. The van der Waals surface area contributed by atoms with Gasteiger partial charge in [-0.25, -0.2) is 15.0 Å². The maximum Gasteiger partial charge on any atom is 0.228 e. The molecule has 1 amide bonds. The number of rotatable bonds is 7. The molecule has 0 aromatic carbocycles. The maximum atomic E-state index is 12.0. The van der Waals surface area contributed by atoms with Crippen LogP contribution in [-0.2, 0) is 17.6 Å². The Kier molecular flexibility index (Phi) is 5.41. The normalized spacial score (nSPS) is 10.3. The number of hydrogen-bond donors (Lipinski definition) is 2. The largest absolute Gasteiger partial charge is 0.355 e. The van der Waals surface area contributed by atoms with E-state index in [0.717, 1.165) is 17.7 Å². The van der Waals surface area contributed by atoms with Crippen LogP contribution < -0.4 is 10.6 Å². The second-order valence-corrected chi connectivity index (χ2v) is 5.83. The van der Waals surface area contributed by atoms with Gasteiger partial charge < -0.3 is 10.6 Å². The van der Waals surface area contributed by atoms with Crippen LogP contribution in [0.25, 0.3) is 0 Å². The van der Waals surface area contributed by atoms with E-state index >= 15 is 0 Å². The van der Waals surface area contributed by atoms with E-state index in [1.807, 2.05) is 17.5 Å². The van der Waals surface area contributed by atoms with Crippen LogP contribution >= 0.6 is 11.3 Å². The van der Waals surface area contributed by atoms with Crippen molar-refractivity contribution in [2.24, 2.45) is 0 Å². The highest BCUT2D eigenvalue weighted by atomic mass is 32.1. The summed E-state index contributed by atoms with van der Waals surface area (Å²) in [4.78, 5) is 28.5. The number of nitrogens with one attached hydrogen (secondary N) is 2. The van der Waals surface area contributed by atoms with Crippen LogP contribution in [0.15, 0.2) is 48.4 Å². The fraction of sp³-hybridized carbons (Fsp3) is 0.188. The summed E-state index contributed by atoms with van der Waals surface area (Å²) in [5, 5.41) is 8.43. The Labute approximate surface area is 143 Å². The van der Waals surface area contributed by atoms with Gasteiger partial charge in [0.05, 0.1) is 12.1 Å². The third kappa shape index (κ3) is 4.82. The Morgan fingerprint density at radius 2 is 1.92 bits per heavy atom. The third-order valence-corrected chi connectivity index (χ3v) is 3.97. The zero-order valence-electron chi connectivity index (χ0n) is 12.8. The lowest BCUT2D eigenvalue weighted by Crippen LogP contribution is -2.27. The molecule has 0 unspecified atom stereocenters. The second kappa shape index (κ2) is 8.11. The van der Waals surface area contributed by atoms with E-state index in [9.17, 15) is 4.79 Å². The van der Waals surface area contributed by atoms with Crippen molar-refractivity contribution in [3.63, 3.8) is 0 Å². The van der Waals surface area contributed by atoms with Crippen LogP contribution in [0.1, 0.15) is 11.3 Å². The molecule has 0 radical (unpaired) electrons. The lowest BCUT2D eigenvalue weighted by molar-refractivity contribution is -0.120. The van der Waals surface area contributed by atoms with Gasteiger partial charge in [-0.2, -0.15) is 0 Å². The molecule has 0 bridgehead atoms. The molecule has 122 valence electrons. The molecule has 0 fully saturated rings. The van der Waals surface area contributed by atoms with E-state index in [1.54, 1.807) is 30.9 Å². The first-order valence-electron chi connectivity index (χ1n) is 7.43. The van der Waals surface area contributed by atoms with Gasteiger partial charge in [-0.1, -0.05) is 0 Å². The highest BCUT2D eigenvalue weighted by molar-refractivity contribution is 7.13. The van der Waals surface area contributed by atoms with E-state index in [-0.39, 0.29) is 12.3 Å². The maximum absolute atomic E-state index is 12.0. The molecule has 0 saturated carbocycles. The minimum absolute atomic E-state index is 0.0446. The molecular formula is C16H16N6OS. The summed E-state index contributed by atoms with van der Waals surface area (Å²) in [5.41, 5.74) is 1.87. The molecule has 3 heterocycles. The Hall–Kier alpha value is -2.87. The van der Waals surface area contributed by atoms with Gasteiger partial charge in [0, 0.05) is 36.7 Å². The molecule has 7 nitrogen and oxygen atoms in total. The van der Waals surface area contributed by atoms with E-state index in [4.69, 9.17) is 0 Å². The average Bonchev–Trinajstić information content (AvgIpc) is 3.03. The lowest BCUT2D eigenvalue weighted by atomic mass is 10.2. The molecule has 0 saturated heterocycles. The predicted octanol–water partition coefficient (Wildman–Crippen LogP) is 1.97. The number of carbonyl (C=O) groups is 1. The zero-order chi connectivity index (χ0) is 16.6. The molecule has 3 aromatic heterocycles. The number of thiazole rings is 1. The fourth-order valence-corrected chi connectivity index (χ4v) is 2.73. The second-order valence-electron chi connectivity index (χ2n) is 4.97. The van der Waals surface area contributed by atoms with Crippen molar-refractivity contribution in [3.8, 4) is 0 Å². The third-order valence-electron chi connectivity index (χ3n) is 3.16. The van der Waals surface area contributed by atoms with Crippen molar-refractivity contribution in [2.45, 2.75) is 12.8 Å². The molecule has 0 spiro atoms. The van der Waals surface area contributed by atoms with Crippen molar-refractivity contribution < 1.29 is 4.79 Å². The summed E-state index contributed by atoms with van der Waals surface area (Å²) in [6.07, 6.45) is 7.84. The number of hydrogen-bond acceptors (Lipinski definition) is 7. The summed E-state index contributed by atoms with van der Waals surface area (Å²) in [6, 6.07) is 5.63. The standard InChI is InChI=1S/C16H16N6OS/c23-14(18-9-4-12-2-7-17-8-3-12)10-13-11-24-16(21-13)22-15-19-5-1-6-20-15/h1-3,5-8,11H,4,9-10H2,(H,18,23)(H,19,20,21,22). The first-order valence-corrected chi connectivity index (χ1v) is 8.31. The van der Waals surface area contributed by atoms with Gasteiger partial charge in [0.15, 0.2) is 5.13 Å². The summed E-state index contributed by atoms with van der Waals surface area (Å²) < 4.78 is 0. The van der Waals surface area contributed by atoms with Crippen LogP contribution in [0.3, 0.4) is 0 Å². The predicted molar refractivity (Wildman–Crippen MR) is 92.1 cm³/mol. The Bertz CT molecular complexity index is 778. The molecule has 8 heteroatoms. The molecule has 0 aliphatic carbocycles. The van der Waals surface area contributed by atoms with Crippen LogP contribution in [0.2, 0.25) is 0 Å². The number of carbonyl (C=O) groups excluding carboxylic acids is 1. The van der Waals surface area contributed by atoms with Gasteiger partial charge in [-0.15, -0.1) is 11.3 Å². The summed E-state index contributed by atoms with van der Waals surface area (Å²) in [7, 11) is 0. The van der Waals surface area contributed by atoms with Crippen molar-refractivity contribution >= 4 is 28.3 Å². The molecule has 2 N–H and O–H groups in total. The molecule has 0 aliphatic rings. The minimum atomic E-state index is -0.0446. The average molecular weight is 340 g/mol. The van der Waals surface area contributed by atoms with Crippen molar-refractivity contribution in [1.82, 2.24) is 25.3 Å². The summed E-state index contributed by atoms with van der Waals surface area (Å²) in [5.74, 6) is 0.442. The van der Waals surface area contributed by atoms with E-state index in [2.05, 4.69) is 30.6 Å². The van der Waals surface area contributed by atoms with Gasteiger partial charge >= 0.3 is 0 Å². The highest BCUT2D eigenvalue weighted by Crippen LogP contribution is 2.18. The van der Waals surface area contributed by atoms with Gasteiger partial charge in [-0.3, -0.25) is 9.78 Å². The van der Waals surface area contributed by atoms with E-state index < -0.39 is 0 Å². The van der Waals surface area contributed by atoms with Gasteiger partial charge in [0.1, 0.15) is 0 Å². The minimum Gasteiger partial charge on any atom is -0.355 e. The molecule has 0 aliphatic heterocycles. The molecule has 0 atom stereocenters. The number of aromatic nitrogens is 4. The quantitative estimate of drug-likeness (QED) is 0.683. The number of amides is 1. The van der Waals surface area contributed by atoms with Gasteiger partial charge in [0.25, 0.3) is 0 Å². The number of anilines is 2. The Morgan fingerprint density at radius 1 is 1.12 bits per heavy atom. The topological polar surface area (TPSA) is 92.7 Å². The Balaban J connectivity index is 1.45. The zero-order valence-corrected chi connectivity index (χ0v) is 13.7. The summed E-state index contributed by atoms with van der Waals surface area (Å²) >= 11 is 1.42. The molecule has 3 aromatic rings. The first-order chi connectivity index (χ1) is 11.8. The molecular weight excluding hydrogens is 324 g/mol. The van der Waals surface area contributed by atoms with Crippen LogP contribution in [0, 0.1) is 0 Å². The monoisotopic (exact) mass is 340 g/mol. The molecule has 24 heavy (non-hydrogen) atoms. The smallest absolute Gasteiger partial charge is 0.228 e. The van der Waals surface area contributed by atoms with Crippen LogP contribution in [0.5, 0.6) is 0 Å². The first kappa shape index (κ1) is 16.0. The van der Waals surface area contributed by atoms with Crippen LogP contribution in [-0.4, -0.2) is 32.4 Å². The molecule has 3 rings (SSSR count). The number of pyridine rings is 1. The van der Waals surface area contributed by atoms with Crippen molar-refractivity contribution in [1.29, 1.82) is 0 Å². The van der Waals surface area contributed by atoms with Crippen LogP contribution in [0.4, 0.5) is 11.1 Å².